The molecule has 1 rings (SSSR count). The van der Waals surface area contributed by atoms with E-state index in [1.165, 1.54) is 11.0 Å². The molecule has 0 spiro atoms. The van der Waals surface area contributed by atoms with E-state index in [1.54, 1.807) is 0 Å². The third kappa shape index (κ3) is 2.03. The fourth-order valence-corrected chi connectivity index (χ4v) is 0.751. The van der Waals surface area contributed by atoms with Gasteiger partial charge in [0.15, 0.2) is 0 Å². The number of carboxylic acids is 1. The molecule has 0 aliphatic rings. The van der Waals surface area contributed by atoms with Crippen molar-refractivity contribution in [2.75, 3.05) is 14.1 Å². The molecular weight excluding hydrogens is 160 g/mol. The monoisotopic (exact) mass is 170 g/mol. The number of aromatic carboxylic acids is 1. The number of rotatable bonds is 3. The fraction of sp³-hybridized carbons (Fsp3) is 0.500. The van der Waals surface area contributed by atoms with Gasteiger partial charge in [0.05, 0.1) is 6.67 Å². The first-order valence-corrected chi connectivity index (χ1v) is 3.37. The van der Waals surface area contributed by atoms with Crippen LogP contribution in [0.5, 0.6) is 0 Å². The molecule has 6 heteroatoms. The maximum absolute atomic E-state index is 10.3. The quantitative estimate of drug-likeness (QED) is 0.661. The Hall–Kier alpha value is -1.43. The highest BCUT2D eigenvalue weighted by molar-refractivity contribution is 5.82. The van der Waals surface area contributed by atoms with E-state index in [0.29, 0.717) is 6.67 Å². The van der Waals surface area contributed by atoms with E-state index in [0.717, 1.165) is 0 Å². The topological polar surface area (TPSA) is 71.2 Å². The zero-order valence-electron chi connectivity index (χ0n) is 6.93. The van der Waals surface area contributed by atoms with Crippen LogP contribution < -0.4 is 0 Å². The molecule has 1 N–H and O–H groups in total. The molecular formula is C6H10N4O2. The Balaban J connectivity index is 2.71. The lowest BCUT2D eigenvalue weighted by atomic mass is 10.7. The van der Waals surface area contributed by atoms with E-state index in [4.69, 9.17) is 5.11 Å². The van der Waals surface area contributed by atoms with Crippen LogP contribution in [0.15, 0.2) is 6.33 Å². The lowest BCUT2D eigenvalue weighted by Gasteiger charge is -2.07. The van der Waals surface area contributed by atoms with Gasteiger partial charge in [0.2, 0.25) is 0 Å². The average molecular weight is 170 g/mol. The highest BCUT2D eigenvalue weighted by Crippen LogP contribution is 1.90. The molecule has 0 saturated heterocycles. The molecule has 66 valence electrons. The van der Waals surface area contributed by atoms with Crippen molar-refractivity contribution >= 4 is 5.97 Å². The van der Waals surface area contributed by atoms with Crippen molar-refractivity contribution in [2.45, 2.75) is 6.67 Å². The molecule has 12 heavy (non-hydrogen) atoms. The normalized spacial score (nSPS) is 10.6. The summed E-state index contributed by atoms with van der Waals surface area (Å²) in [7, 11) is 3.73. The molecule has 0 fully saturated rings. The van der Waals surface area contributed by atoms with Crippen molar-refractivity contribution in [3.63, 3.8) is 0 Å². The van der Waals surface area contributed by atoms with Crippen LogP contribution in [0.4, 0.5) is 0 Å². The highest BCUT2D eigenvalue weighted by atomic mass is 16.4. The molecule has 0 saturated carbocycles. The van der Waals surface area contributed by atoms with E-state index in [9.17, 15) is 4.79 Å². The summed E-state index contributed by atoms with van der Waals surface area (Å²) in [6, 6.07) is 0. The second-order valence-electron chi connectivity index (χ2n) is 2.63. The third-order valence-electron chi connectivity index (χ3n) is 1.16. The molecule has 1 heterocycles. The second-order valence-corrected chi connectivity index (χ2v) is 2.63. The van der Waals surface area contributed by atoms with Gasteiger partial charge in [-0.15, -0.1) is 5.10 Å². The maximum Gasteiger partial charge on any atom is 0.375 e. The first-order valence-electron chi connectivity index (χ1n) is 3.37. The lowest BCUT2D eigenvalue weighted by Crippen LogP contribution is -2.17. The van der Waals surface area contributed by atoms with Crippen molar-refractivity contribution < 1.29 is 9.90 Å². The van der Waals surface area contributed by atoms with Crippen LogP contribution in [0.2, 0.25) is 0 Å². The SMILES string of the molecule is CN(C)Cn1cnc(C(=O)O)n1. The van der Waals surface area contributed by atoms with Crippen molar-refractivity contribution in [2.24, 2.45) is 0 Å². The zero-order chi connectivity index (χ0) is 9.14. The Kier molecular flexibility index (Phi) is 2.39. The highest BCUT2D eigenvalue weighted by Gasteiger charge is 2.08. The molecule has 1 aromatic rings. The Bertz CT molecular complexity index is 281. The van der Waals surface area contributed by atoms with Crippen molar-refractivity contribution in [1.82, 2.24) is 19.7 Å². The molecule has 0 radical (unpaired) electrons. The molecule has 0 aliphatic heterocycles. The standard InChI is InChI=1S/C6H10N4O2/c1-9(2)4-10-3-7-5(8-10)6(11)12/h3H,4H2,1-2H3,(H,11,12). The predicted molar refractivity (Wildman–Crippen MR) is 40.7 cm³/mol. The van der Waals surface area contributed by atoms with Gasteiger partial charge in [-0.3, -0.25) is 4.90 Å². The average Bonchev–Trinajstić information content (AvgIpc) is 2.34. The van der Waals surface area contributed by atoms with Gasteiger partial charge in [0.25, 0.3) is 5.82 Å². The minimum absolute atomic E-state index is 0.170. The van der Waals surface area contributed by atoms with Gasteiger partial charge in [-0.1, -0.05) is 0 Å². The van der Waals surface area contributed by atoms with Crippen molar-refractivity contribution in [1.29, 1.82) is 0 Å². The van der Waals surface area contributed by atoms with E-state index in [-0.39, 0.29) is 5.82 Å². The maximum atomic E-state index is 10.3. The van der Waals surface area contributed by atoms with Crippen LogP contribution >= 0.6 is 0 Å². The molecule has 0 aromatic carbocycles. The smallest absolute Gasteiger partial charge is 0.375 e. The molecule has 0 aliphatic carbocycles. The largest absolute Gasteiger partial charge is 0.475 e. The molecule has 0 bridgehead atoms. The summed E-state index contributed by atoms with van der Waals surface area (Å²) >= 11 is 0. The van der Waals surface area contributed by atoms with Crippen LogP contribution in [0, 0.1) is 0 Å². The van der Waals surface area contributed by atoms with Gasteiger partial charge >= 0.3 is 5.97 Å². The van der Waals surface area contributed by atoms with E-state index < -0.39 is 5.97 Å². The van der Waals surface area contributed by atoms with Gasteiger partial charge < -0.3 is 5.11 Å². The van der Waals surface area contributed by atoms with Crippen molar-refractivity contribution in [3.8, 4) is 0 Å². The van der Waals surface area contributed by atoms with Crippen molar-refractivity contribution in [3.05, 3.63) is 12.2 Å². The molecule has 0 amide bonds. The van der Waals surface area contributed by atoms with Crippen LogP contribution in [0.1, 0.15) is 10.6 Å². The zero-order valence-corrected chi connectivity index (χ0v) is 6.93. The number of hydrogen-bond donors (Lipinski definition) is 1. The molecule has 0 unspecified atom stereocenters. The van der Waals surface area contributed by atoms with Gasteiger partial charge in [0, 0.05) is 0 Å². The summed E-state index contributed by atoms with van der Waals surface area (Å²) in [5.74, 6) is -1.27. The van der Waals surface area contributed by atoms with Gasteiger partial charge in [0.1, 0.15) is 6.33 Å². The summed E-state index contributed by atoms with van der Waals surface area (Å²) in [5.41, 5.74) is 0. The predicted octanol–water partition coefficient (Wildman–Crippen LogP) is -0.505. The number of aromatic nitrogens is 3. The fourth-order valence-electron chi connectivity index (χ4n) is 0.751. The van der Waals surface area contributed by atoms with Gasteiger partial charge in [-0.05, 0) is 14.1 Å². The van der Waals surface area contributed by atoms with E-state index >= 15 is 0 Å². The van der Waals surface area contributed by atoms with E-state index in [2.05, 4.69) is 10.1 Å². The van der Waals surface area contributed by atoms with Crippen LogP contribution in [-0.2, 0) is 6.67 Å². The number of carboxylic acid groups (broad SMARTS) is 1. The van der Waals surface area contributed by atoms with Crippen LogP contribution in [-0.4, -0.2) is 44.8 Å². The third-order valence-corrected chi connectivity index (χ3v) is 1.16. The minimum atomic E-state index is -1.10. The van der Waals surface area contributed by atoms with Crippen LogP contribution in [0.3, 0.4) is 0 Å². The summed E-state index contributed by atoms with van der Waals surface area (Å²) < 4.78 is 1.46. The van der Waals surface area contributed by atoms with Gasteiger partial charge in [-0.2, -0.15) is 0 Å². The Morgan fingerprint density at radius 3 is 2.83 bits per heavy atom. The number of nitrogens with zero attached hydrogens (tertiary/aromatic N) is 4. The molecule has 1 aromatic heterocycles. The first-order chi connectivity index (χ1) is 5.59. The molecule has 0 atom stereocenters. The summed E-state index contributed by atoms with van der Waals surface area (Å²) in [6.45, 7) is 0.528. The Labute approximate surface area is 69.4 Å². The summed E-state index contributed by atoms with van der Waals surface area (Å²) in [6.07, 6.45) is 1.39. The second kappa shape index (κ2) is 3.31. The summed E-state index contributed by atoms with van der Waals surface area (Å²) in [4.78, 5) is 15.8. The summed E-state index contributed by atoms with van der Waals surface area (Å²) in [5, 5.41) is 12.2. The van der Waals surface area contributed by atoms with Gasteiger partial charge in [-0.25, -0.2) is 14.5 Å². The lowest BCUT2D eigenvalue weighted by molar-refractivity contribution is 0.0682. The minimum Gasteiger partial charge on any atom is -0.475 e. The number of carbonyl (C=O) groups is 1. The van der Waals surface area contributed by atoms with Crippen LogP contribution in [0.25, 0.3) is 0 Å². The number of hydrogen-bond acceptors (Lipinski definition) is 4. The Morgan fingerprint density at radius 2 is 2.42 bits per heavy atom. The molecule has 6 nitrogen and oxygen atoms in total. The van der Waals surface area contributed by atoms with E-state index in [1.807, 2.05) is 19.0 Å². The Morgan fingerprint density at radius 1 is 1.75 bits per heavy atom. The first kappa shape index (κ1) is 8.66.